The van der Waals surface area contributed by atoms with Gasteiger partial charge in [-0.25, -0.2) is 0 Å². The highest BCUT2D eigenvalue weighted by Gasteiger charge is 2.17. The maximum Gasteiger partial charge on any atom is 0.311 e. The van der Waals surface area contributed by atoms with E-state index in [0.29, 0.717) is 17.9 Å². The highest BCUT2D eigenvalue weighted by molar-refractivity contribution is 5.48. The van der Waals surface area contributed by atoms with Crippen LogP contribution in [0.15, 0.2) is 22.6 Å². The maximum atomic E-state index is 10.9. The molecular weight excluding hydrogens is 266 g/mol. The molecule has 0 radical (unpaired) electrons. The third kappa shape index (κ3) is 3.09. The van der Waals surface area contributed by atoms with E-state index in [9.17, 15) is 10.1 Å². The van der Waals surface area contributed by atoms with Crippen molar-refractivity contribution in [3.8, 4) is 5.75 Å². The first-order chi connectivity index (χ1) is 9.63. The molecule has 0 spiro atoms. The van der Waals surface area contributed by atoms with E-state index in [4.69, 9.17) is 14.3 Å². The molecule has 1 aromatic carbocycles. The number of nitro benzene ring substituents is 1. The molecule has 2 rings (SSSR count). The van der Waals surface area contributed by atoms with Crippen LogP contribution in [-0.4, -0.2) is 20.2 Å². The summed E-state index contributed by atoms with van der Waals surface area (Å²) < 4.78 is 10.6. The van der Waals surface area contributed by atoms with Crippen LogP contribution in [0, 0.1) is 10.1 Å². The number of benzene rings is 1. The van der Waals surface area contributed by atoms with E-state index in [1.54, 1.807) is 6.07 Å². The maximum absolute atomic E-state index is 10.9. The molecule has 20 heavy (non-hydrogen) atoms. The summed E-state index contributed by atoms with van der Waals surface area (Å²) >= 11 is 0. The van der Waals surface area contributed by atoms with Crippen LogP contribution in [0.2, 0.25) is 0 Å². The van der Waals surface area contributed by atoms with Crippen molar-refractivity contribution in [2.24, 2.45) is 0 Å². The van der Waals surface area contributed by atoms with Crippen molar-refractivity contribution in [1.82, 2.24) is 10.2 Å². The number of aryl methyl sites for hydroxylation is 1. The Kier molecular flexibility index (Phi) is 4.26. The predicted octanol–water partition coefficient (Wildman–Crippen LogP) is 1.61. The zero-order valence-corrected chi connectivity index (χ0v) is 10.8. The van der Waals surface area contributed by atoms with Gasteiger partial charge in [-0.1, -0.05) is 13.0 Å². The Morgan fingerprint density at radius 1 is 1.40 bits per heavy atom. The number of aliphatic hydroxyl groups excluding tert-OH is 1. The van der Waals surface area contributed by atoms with Crippen molar-refractivity contribution in [3.05, 3.63) is 45.7 Å². The third-order valence-corrected chi connectivity index (χ3v) is 2.56. The average molecular weight is 279 g/mol. The predicted molar refractivity (Wildman–Crippen MR) is 67.0 cm³/mol. The molecule has 1 aromatic heterocycles. The van der Waals surface area contributed by atoms with Crippen molar-refractivity contribution >= 4 is 5.69 Å². The van der Waals surface area contributed by atoms with Crippen molar-refractivity contribution in [2.45, 2.75) is 26.6 Å². The Labute approximate surface area is 114 Å². The minimum absolute atomic E-state index is 0.0493. The number of nitrogens with zero attached hydrogens (tertiary/aromatic N) is 3. The fraction of sp³-hybridized carbons (Fsp3) is 0.333. The molecular formula is C12H13N3O5. The number of ether oxygens (including phenoxy) is 1. The second kappa shape index (κ2) is 6.11. The summed E-state index contributed by atoms with van der Waals surface area (Å²) in [6.07, 6.45) is 0.609. The van der Waals surface area contributed by atoms with Gasteiger partial charge in [-0.15, -0.1) is 10.2 Å². The summed E-state index contributed by atoms with van der Waals surface area (Å²) in [7, 11) is 0. The normalized spacial score (nSPS) is 10.5. The largest absolute Gasteiger partial charge is 0.477 e. The van der Waals surface area contributed by atoms with E-state index in [2.05, 4.69) is 10.2 Å². The van der Waals surface area contributed by atoms with Crippen LogP contribution in [0.25, 0.3) is 0 Å². The number of aromatic nitrogens is 2. The second-order valence-electron chi connectivity index (χ2n) is 3.95. The van der Waals surface area contributed by atoms with E-state index in [0.717, 1.165) is 0 Å². The van der Waals surface area contributed by atoms with E-state index < -0.39 is 4.92 Å². The summed E-state index contributed by atoms with van der Waals surface area (Å²) in [4.78, 5) is 10.4. The van der Waals surface area contributed by atoms with Gasteiger partial charge in [0.25, 0.3) is 5.89 Å². The van der Waals surface area contributed by atoms with Gasteiger partial charge in [0, 0.05) is 12.5 Å². The molecule has 0 aliphatic heterocycles. The number of hydrogen-bond donors (Lipinski definition) is 1. The summed E-state index contributed by atoms with van der Waals surface area (Å²) in [5.74, 6) is 0.819. The van der Waals surface area contributed by atoms with Crippen LogP contribution >= 0.6 is 0 Å². The van der Waals surface area contributed by atoms with Gasteiger partial charge in [0.2, 0.25) is 5.89 Å². The molecule has 0 amide bonds. The molecule has 8 heteroatoms. The van der Waals surface area contributed by atoms with E-state index in [1.807, 2.05) is 6.92 Å². The molecule has 0 fully saturated rings. The van der Waals surface area contributed by atoms with Crippen LogP contribution in [0.5, 0.6) is 5.75 Å². The molecule has 0 aliphatic rings. The number of aliphatic hydroxyl groups is 1. The van der Waals surface area contributed by atoms with Gasteiger partial charge in [0.15, 0.2) is 12.4 Å². The number of rotatable bonds is 6. The van der Waals surface area contributed by atoms with Gasteiger partial charge in [0.05, 0.1) is 11.5 Å². The lowest BCUT2D eigenvalue weighted by molar-refractivity contribution is -0.386. The first-order valence-corrected chi connectivity index (χ1v) is 5.96. The zero-order chi connectivity index (χ0) is 14.5. The Bertz CT molecular complexity index is 611. The third-order valence-electron chi connectivity index (χ3n) is 2.56. The van der Waals surface area contributed by atoms with Crippen LogP contribution in [0.3, 0.4) is 0 Å². The monoisotopic (exact) mass is 279 g/mol. The summed E-state index contributed by atoms with van der Waals surface area (Å²) in [5, 5.41) is 27.4. The Morgan fingerprint density at radius 2 is 2.15 bits per heavy atom. The zero-order valence-electron chi connectivity index (χ0n) is 10.8. The fourth-order valence-corrected chi connectivity index (χ4v) is 1.56. The lowest BCUT2D eigenvalue weighted by Gasteiger charge is -2.05. The molecule has 0 aliphatic carbocycles. The Balaban J connectivity index is 2.14. The van der Waals surface area contributed by atoms with E-state index >= 15 is 0 Å². The van der Waals surface area contributed by atoms with Crippen LogP contribution in [0.1, 0.15) is 24.3 Å². The quantitative estimate of drug-likeness (QED) is 0.631. The smallest absolute Gasteiger partial charge is 0.311 e. The van der Waals surface area contributed by atoms with E-state index in [1.165, 1.54) is 12.1 Å². The molecule has 0 unspecified atom stereocenters. The summed E-state index contributed by atoms with van der Waals surface area (Å²) in [6, 6.07) is 4.25. The molecule has 0 saturated heterocycles. The Hall–Kier alpha value is -2.48. The van der Waals surface area contributed by atoms with Crippen LogP contribution in [0.4, 0.5) is 5.69 Å². The molecule has 2 aromatic rings. The lowest BCUT2D eigenvalue weighted by Crippen LogP contribution is -2.00. The topological polar surface area (TPSA) is 112 Å². The second-order valence-corrected chi connectivity index (χ2v) is 3.95. The van der Waals surface area contributed by atoms with Gasteiger partial charge in [0.1, 0.15) is 0 Å². The minimum atomic E-state index is -0.570. The van der Waals surface area contributed by atoms with Crippen LogP contribution < -0.4 is 4.74 Å². The first kappa shape index (κ1) is 13.9. The standard InChI is InChI=1S/C12H13N3O5/c1-2-11-13-14-12(20-11)7-19-10-4-3-8(6-16)5-9(10)15(17)18/h3-5,16H,2,6-7H2,1H3. The highest BCUT2D eigenvalue weighted by atomic mass is 16.6. The molecule has 0 atom stereocenters. The van der Waals surface area contributed by atoms with E-state index in [-0.39, 0.29) is 30.5 Å². The van der Waals surface area contributed by atoms with Crippen molar-refractivity contribution in [2.75, 3.05) is 0 Å². The summed E-state index contributed by atoms with van der Waals surface area (Å²) in [5.41, 5.74) is 0.224. The van der Waals surface area contributed by atoms with Crippen LogP contribution in [-0.2, 0) is 19.6 Å². The molecule has 106 valence electrons. The van der Waals surface area contributed by atoms with Gasteiger partial charge in [-0.3, -0.25) is 10.1 Å². The van der Waals surface area contributed by atoms with Gasteiger partial charge in [-0.2, -0.15) is 0 Å². The average Bonchev–Trinajstić information content (AvgIpc) is 2.92. The summed E-state index contributed by atoms with van der Waals surface area (Å²) in [6.45, 7) is 1.55. The number of nitro groups is 1. The molecule has 0 bridgehead atoms. The molecule has 8 nitrogen and oxygen atoms in total. The highest BCUT2D eigenvalue weighted by Crippen LogP contribution is 2.28. The molecule has 1 N–H and O–H groups in total. The number of hydrogen-bond acceptors (Lipinski definition) is 7. The van der Waals surface area contributed by atoms with Gasteiger partial charge >= 0.3 is 5.69 Å². The van der Waals surface area contributed by atoms with Crippen molar-refractivity contribution in [1.29, 1.82) is 0 Å². The minimum Gasteiger partial charge on any atom is -0.477 e. The molecule has 1 heterocycles. The first-order valence-electron chi connectivity index (χ1n) is 5.96. The lowest BCUT2D eigenvalue weighted by atomic mass is 10.2. The van der Waals surface area contributed by atoms with Crippen molar-refractivity contribution < 1.29 is 19.2 Å². The van der Waals surface area contributed by atoms with Gasteiger partial charge < -0.3 is 14.3 Å². The molecule has 0 saturated carbocycles. The van der Waals surface area contributed by atoms with Crippen molar-refractivity contribution in [3.63, 3.8) is 0 Å². The fourth-order valence-electron chi connectivity index (χ4n) is 1.56. The Morgan fingerprint density at radius 3 is 2.75 bits per heavy atom. The SMILES string of the molecule is CCc1nnc(COc2ccc(CO)cc2[N+](=O)[O-])o1. The van der Waals surface area contributed by atoms with Gasteiger partial charge in [-0.05, 0) is 11.6 Å².